The van der Waals surface area contributed by atoms with Gasteiger partial charge in [0.05, 0.1) is 12.2 Å². The molecule has 1 amide bonds. The minimum atomic E-state index is -0.508. The summed E-state index contributed by atoms with van der Waals surface area (Å²) in [6, 6.07) is 7.70. The van der Waals surface area contributed by atoms with Gasteiger partial charge in [-0.2, -0.15) is 0 Å². The zero-order valence-electron chi connectivity index (χ0n) is 12.0. The first-order valence-corrected chi connectivity index (χ1v) is 7.04. The largest absolute Gasteiger partial charge is 0.477 e. The maximum Gasteiger partial charge on any atom is 0.265 e. The third-order valence-corrected chi connectivity index (χ3v) is 3.37. The van der Waals surface area contributed by atoms with Crippen LogP contribution in [0.3, 0.4) is 0 Å². The van der Waals surface area contributed by atoms with E-state index in [0.717, 1.165) is 5.69 Å². The van der Waals surface area contributed by atoms with E-state index in [1.54, 1.807) is 4.90 Å². The molecule has 0 saturated heterocycles. The molecule has 1 aromatic carbocycles. The molecule has 110 valence electrons. The predicted octanol–water partition coefficient (Wildman–Crippen LogP) is 1.48. The molecule has 0 aliphatic carbocycles. The molecule has 1 aliphatic rings. The first-order chi connectivity index (χ1) is 9.63. The average Bonchev–Trinajstić information content (AvgIpc) is 2.46. The number of anilines is 1. The van der Waals surface area contributed by atoms with Crippen molar-refractivity contribution in [2.45, 2.75) is 32.4 Å². The van der Waals surface area contributed by atoms with E-state index in [9.17, 15) is 4.79 Å². The van der Waals surface area contributed by atoms with Crippen molar-refractivity contribution >= 4 is 11.6 Å². The number of aliphatic hydroxyl groups is 1. The van der Waals surface area contributed by atoms with Gasteiger partial charge in [0.25, 0.3) is 5.91 Å². The van der Waals surface area contributed by atoms with Crippen molar-refractivity contribution in [1.29, 1.82) is 0 Å². The molecule has 2 N–H and O–H groups in total. The van der Waals surface area contributed by atoms with Crippen LogP contribution in [0, 0.1) is 0 Å². The fourth-order valence-electron chi connectivity index (χ4n) is 2.30. The number of nitrogens with one attached hydrogen (secondary N) is 1. The Balaban J connectivity index is 2.06. The Bertz CT molecular complexity index is 462. The second-order valence-corrected chi connectivity index (χ2v) is 5.19. The molecule has 2 rings (SSSR count). The van der Waals surface area contributed by atoms with Crippen LogP contribution in [0.15, 0.2) is 24.3 Å². The summed E-state index contributed by atoms with van der Waals surface area (Å²) < 4.78 is 5.79. The molecule has 1 aromatic rings. The van der Waals surface area contributed by atoms with Crippen LogP contribution in [0.1, 0.15) is 20.3 Å². The Hall–Kier alpha value is -1.75. The van der Waals surface area contributed by atoms with Crippen molar-refractivity contribution in [1.82, 2.24) is 4.90 Å². The minimum absolute atomic E-state index is 0.0320. The normalized spacial score (nSPS) is 17.1. The molecule has 0 fully saturated rings. The zero-order chi connectivity index (χ0) is 14.5. The smallest absolute Gasteiger partial charge is 0.265 e. The van der Waals surface area contributed by atoms with Gasteiger partial charge in [-0.1, -0.05) is 12.1 Å². The highest BCUT2D eigenvalue weighted by Gasteiger charge is 2.30. The number of rotatable bonds is 5. The van der Waals surface area contributed by atoms with Crippen molar-refractivity contribution in [2.75, 3.05) is 25.0 Å². The molecule has 0 aromatic heterocycles. The number of benzene rings is 1. The number of aliphatic hydroxyl groups excluding tert-OH is 1. The number of ether oxygens (including phenoxy) is 1. The van der Waals surface area contributed by atoms with Gasteiger partial charge in [-0.15, -0.1) is 0 Å². The summed E-state index contributed by atoms with van der Waals surface area (Å²) in [4.78, 5) is 14.3. The maximum absolute atomic E-state index is 12.5. The predicted molar refractivity (Wildman–Crippen MR) is 77.9 cm³/mol. The SMILES string of the molecule is CC(C)N(CCCO)C(=O)C1CNc2ccccc2O1. The van der Waals surface area contributed by atoms with Gasteiger partial charge >= 0.3 is 0 Å². The van der Waals surface area contributed by atoms with Crippen LogP contribution in [0.25, 0.3) is 0 Å². The quantitative estimate of drug-likeness (QED) is 0.856. The lowest BCUT2D eigenvalue weighted by Gasteiger charge is -2.33. The number of hydrogen-bond acceptors (Lipinski definition) is 4. The first kappa shape index (κ1) is 14.7. The Labute approximate surface area is 119 Å². The van der Waals surface area contributed by atoms with E-state index >= 15 is 0 Å². The molecular formula is C15H22N2O3. The lowest BCUT2D eigenvalue weighted by molar-refractivity contribution is -0.140. The molecule has 1 aliphatic heterocycles. The number of fused-ring (bicyclic) bond motifs is 1. The van der Waals surface area contributed by atoms with E-state index in [-0.39, 0.29) is 18.6 Å². The molecule has 20 heavy (non-hydrogen) atoms. The van der Waals surface area contributed by atoms with E-state index in [2.05, 4.69) is 5.32 Å². The average molecular weight is 278 g/mol. The van der Waals surface area contributed by atoms with Gasteiger partial charge in [0.2, 0.25) is 0 Å². The molecule has 5 heteroatoms. The Morgan fingerprint density at radius 3 is 2.95 bits per heavy atom. The summed E-state index contributed by atoms with van der Waals surface area (Å²) in [6.07, 6.45) is 0.0756. The van der Waals surface area contributed by atoms with Crippen LogP contribution in [-0.4, -0.2) is 47.8 Å². The summed E-state index contributed by atoms with van der Waals surface area (Å²) in [7, 11) is 0. The topological polar surface area (TPSA) is 61.8 Å². The van der Waals surface area contributed by atoms with E-state index in [0.29, 0.717) is 25.3 Å². The fourth-order valence-corrected chi connectivity index (χ4v) is 2.30. The van der Waals surface area contributed by atoms with Gasteiger partial charge in [0.15, 0.2) is 6.10 Å². The number of para-hydroxylation sites is 2. The number of nitrogens with zero attached hydrogens (tertiary/aromatic N) is 1. The third-order valence-electron chi connectivity index (χ3n) is 3.37. The molecule has 1 heterocycles. The Morgan fingerprint density at radius 1 is 1.50 bits per heavy atom. The number of carbonyl (C=O) groups is 1. The molecule has 0 bridgehead atoms. The van der Waals surface area contributed by atoms with Crippen LogP contribution < -0.4 is 10.1 Å². The van der Waals surface area contributed by atoms with Crippen molar-refractivity contribution in [3.05, 3.63) is 24.3 Å². The fraction of sp³-hybridized carbons (Fsp3) is 0.533. The lowest BCUT2D eigenvalue weighted by Crippen LogP contribution is -2.49. The standard InChI is InChI=1S/C15H22N2O3/c1-11(2)17(8-5-9-18)15(19)14-10-16-12-6-3-4-7-13(12)20-14/h3-4,6-7,11,14,16,18H,5,8-10H2,1-2H3. The van der Waals surface area contributed by atoms with Gasteiger partial charge in [-0.25, -0.2) is 0 Å². The highest BCUT2D eigenvalue weighted by Crippen LogP contribution is 2.28. The Kier molecular flexibility index (Phi) is 4.84. The highest BCUT2D eigenvalue weighted by atomic mass is 16.5. The van der Waals surface area contributed by atoms with Crippen molar-refractivity contribution in [2.24, 2.45) is 0 Å². The molecule has 5 nitrogen and oxygen atoms in total. The van der Waals surface area contributed by atoms with E-state index in [1.165, 1.54) is 0 Å². The third kappa shape index (κ3) is 3.22. The summed E-state index contributed by atoms with van der Waals surface area (Å²) in [5.41, 5.74) is 0.919. The van der Waals surface area contributed by atoms with Gasteiger partial charge < -0.3 is 20.1 Å². The van der Waals surface area contributed by atoms with Crippen molar-refractivity contribution < 1.29 is 14.6 Å². The van der Waals surface area contributed by atoms with Gasteiger partial charge in [0.1, 0.15) is 5.75 Å². The molecule has 1 atom stereocenters. The second-order valence-electron chi connectivity index (χ2n) is 5.19. The summed E-state index contributed by atoms with van der Waals surface area (Å²) in [5.74, 6) is 0.679. The van der Waals surface area contributed by atoms with Crippen LogP contribution in [0.4, 0.5) is 5.69 Å². The minimum Gasteiger partial charge on any atom is -0.477 e. The van der Waals surface area contributed by atoms with Crippen LogP contribution in [0.2, 0.25) is 0 Å². The number of hydrogen-bond donors (Lipinski definition) is 2. The lowest BCUT2D eigenvalue weighted by atomic mass is 10.2. The van der Waals surface area contributed by atoms with Crippen molar-refractivity contribution in [3.8, 4) is 5.75 Å². The van der Waals surface area contributed by atoms with Gasteiger partial charge in [0, 0.05) is 19.2 Å². The molecule has 0 spiro atoms. The van der Waals surface area contributed by atoms with E-state index in [4.69, 9.17) is 9.84 Å². The number of amides is 1. The van der Waals surface area contributed by atoms with E-state index < -0.39 is 6.10 Å². The Morgan fingerprint density at radius 2 is 2.25 bits per heavy atom. The first-order valence-electron chi connectivity index (χ1n) is 7.04. The maximum atomic E-state index is 12.5. The summed E-state index contributed by atoms with van der Waals surface area (Å²) in [6.45, 7) is 5.05. The zero-order valence-corrected chi connectivity index (χ0v) is 12.0. The van der Waals surface area contributed by atoms with Gasteiger partial charge in [-0.05, 0) is 32.4 Å². The van der Waals surface area contributed by atoms with Crippen LogP contribution in [-0.2, 0) is 4.79 Å². The van der Waals surface area contributed by atoms with Crippen molar-refractivity contribution in [3.63, 3.8) is 0 Å². The van der Waals surface area contributed by atoms with Crippen LogP contribution in [0.5, 0.6) is 5.75 Å². The highest BCUT2D eigenvalue weighted by molar-refractivity contribution is 5.83. The molecule has 1 unspecified atom stereocenters. The monoisotopic (exact) mass is 278 g/mol. The molecule has 0 saturated carbocycles. The van der Waals surface area contributed by atoms with Crippen LogP contribution >= 0.6 is 0 Å². The summed E-state index contributed by atoms with van der Waals surface area (Å²) >= 11 is 0. The number of carbonyl (C=O) groups excluding carboxylic acids is 1. The summed E-state index contributed by atoms with van der Waals surface area (Å²) in [5, 5.41) is 12.2. The molecular weight excluding hydrogens is 256 g/mol. The molecule has 0 radical (unpaired) electrons. The van der Waals surface area contributed by atoms with E-state index in [1.807, 2.05) is 38.1 Å². The second kappa shape index (κ2) is 6.61. The van der Waals surface area contributed by atoms with Gasteiger partial charge in [-0.3, -0.25) is 4.79 Å².